The zero-order chi connectivity index (χ0) is 24.3. The van der Waals surface area contributed by atoms with Gasteiger partial charge in [-0.05, 0) is 41.5 Å². The van der Waals surface area contributed by atoms with Gasteiger partial charge in [0.2, 0.25) is 6.39 Å². The molecule has 0 amide bonds. The first-order valence-corrected chi connectivity index (χ1v) is 9.78. The summed E-state index contributed by atoms with van der Waals surface area (Å²) in [5.41, 5.74) is -1.81. The second kappa shape index (κ2) is 7.55. The van der Waals surface area contributed by atoms with Crippen LogP contribution in [-0.2, 0) is 5.92 Å². The van der Waals surface area contributed by atoms with Gasteiger partial charge in [-0.2, -0.15) is 22.0 Å². The van der Waals surface area contributed by atoms with Crippen molar-refractivity contribution in [2.24, 2.45) is 0 Å². The minimum Gasteiger partial charge on any atom is -0.422 e. The number of nitrogens with zero attached hydrogens (tertiary/aromatic N) is 5. The summed E-state index contributed by atoms with van der Waals surface area (Å²) in [7, 11) is 0. The van der Waals surface area contributed by atoms with Gasteiger partial charge < -0.3 is 4.42 Å². The van der Waals surface area contributed by atoms with Crippen LogP contribution in [0.3, 0.4) is 0 Å². The first-order valence-electron chi connectivity index (χ1n) is 9.40. The van der Waals surface area contributed by atoms with E-state index in [9.17, 15) is 26.7 Å². The molecule has 0 spiro atoms. The second-order valence-electron chi connectivity index (χ2n) is 7.11. The maximum atomic E-state index is 14.4. The molecule has 0 fully saturated rings. The number of carbonyl (C=O) groups excluding carboxylic acids is 1. The van der Waals surface area contributed by atoms with Crippen LogP contribution < -0.4 is 0 Å². The lowest BCUT2D eigenvalue weighted by Gasteiger charge is -2.21. The number of fused-ring (bicyclic) bond motifs is 3. The van der Waals surface area contributed by atoms with E-state index in [1.54, 1.807) is 0 Å². The van der Waals surface area contributed by atoms with E-state index in [4.69, 9.17) is 16.0 Å². The fourth-order valence-corrected chi connectivity index (χ4v) is 3.66. The molecule has 172 valence electrons. The summed E-state index contributed by atoms with van der Waals surface area (Å²) >= 11 is 5.90. The summed E-state index contributed by atoms with van der Waals surface area (Å²) in [4.78, 5) is 19.8. The fraction of sp³-hybridized carbons (Fsp3) is 0.0952. The van der Waals surface area contributed by atoms with E-state index in [-0.39, 0.29) is 39.5 Å². The van der Waals surface area contributed by atoms with Gasteiger partial charge in [0.05, 0.1) is 0 Å². The van der Waals surface area contributed by atoms with Crippen LogP contribution in [-0.4, -0.2) is 37.0 Å². The molecule has 0 atom stereocenters. The highest BCUT2D eigenvalue weighted by Crippen LogP contribution is 2.45. The van der Waals surface area contributed by atoms with Gasteiger partial charge >= 0.3 is 12.1 Å². The number of pyridine rings is 2. The Labute approximate surface area is 190 Å². The van der Waals surface area contributed by atoms with Gasteiger partial charge in [0.15, 0.2) is 12.0 Å². The first-order chi connectivity index (χ1) is 16.1. The minimum absolute atomic E-state index is 0.0207. The second-order valence-corrected chi connectivity index (χ2v) is 7.54. The molecule has 0 bridgehead atoms. The van der Waals surface area contributed by atoms with E-state index in [1.807, 2.05) is 0 Å². The van der Waals surface area contributed by atoms with Gasteiger partial charge in [0.25, 0.3) is 5.89 Å². The Morgan fingerprint density at radius 2 is 1.74 bits per heavy atom. The molecule has 0 aliphatic heterocycles. The van der Waals surface area contributed by atoms with Crippen molar-refractivity contribution < 1.29 is 31.2 Å². The highest BCUT2D eigenvalue weighted by molar-refractivity contribution is 6.30. The van der Waals surface area contributed by atoms with Crippen LogP contribution in [0.15, 0.2) is 53.3 Å². The molecule has 4 aromatic heterocycles. The Morgan fingerprint density at radius 3 is 2.35 bits per heavy atom. The van der Waals surface area contributed by atoms with Crippen LogP contribution >= 0.6 is 11.6 Å². The van der Waals surface area contributed by atoms with E-state index >= 15 is 0 Å². The number of aldehydes is 1. The van der Waals surface area contributed by atoms with Gasteiger partial charge in [-0.25, -0.2) is 9.97 Å². The quantitative estimate of drug-likeness (QED) is 0.235. The van der Waals surface area contributed by atoms with Crippen LogP contribution in [0.25, 0.3) is 39.4 Å². The SMILES string of the molecule is O=Cc1c(-c2nnco2)nc2ccc3c(-c4ccc(Cl)cc4)cc(C(F)(F)C(F)(F)F)nc3n12. The lowest BCUT2D eigenvalue weighted by molar-refractivity contribution is -0.290. The van der Waals surface area contributed by atoms with Crippen molar-refractivity contribution in [3.05, 3.63) is 65.3 Å². The molecule has 34 heavy (non-hydrogen) atoms. The van der Waals surface area contributed by atoms with Gasteiger partial charge in [-0.15, -0.1) is 10.2 Å². The molecule has 4 heterocycles. The van der Waals surface area contributed by atoms with Gasteiger partial charge in [-0.1, -0.05) is 23.7 Å². The zero-order valence-electron chi connectivity index (χ0n) is 16.5. The molecular formula is C21H9ClF5N5O2. The predicted molar refractivity (Wildman–Crippen MR) is 110 cm³/mol. The molecule has 5 aromatic rings. The van der Waals surface area contributed by atoms with Crippen molar-refractivity contribution in [2.45, 2.75) is 12.1 Å². The third kappa shape index (κ3) is 3.29. The lowest BCUT2D eigenvalue weighted by atomic mass is 10.00. The van der Waals surface area contributed by atoms with Crippen LogP contribution in [0.4, 0.5) is 22.0 Å². The van der Waals surface area contributed by atoms with Gasteiger partial charge in [0.1, 0.15) is 22.7 Å². The summed E-state index contributed by atoms with van der Waals surface area (Å²) < 4.78 is 74.7. The first kappa shape index (κ1) is 21.9. The standard InChI is InChI=1S/C21H9ClF5N5O2/c22-11-3-1-10(2-4-11)13-7-15(20(23,24)21(25,26)27)29-18-12(13)5-6-16-30-17(14(8-33)32(16)18)19-31-28-9-34-19/h1-9H. The third-order valence-corrected chi connectivity index (χ3v) is 5.35. The minimum atomic E-state index is -5.91. The van der Waals surface area contributed by atoms with Gasteiger partial charge in [-0.3, -0.25) is 9.20 Å². The van der Waals surface area contributed by atoms with E-state index in [1.165, 1.54) is 36.4 Å². The van der Waals surface area contributed by atoms with E-state index in [0.29, 0.717) is 22.9 Å². The molecular weight excluding hydrogens is 485 g/mol. The van der Waals surface area contributed by atoms with Crippen molar-refractivity contribution in [2.75, 3.05) is 0 Å². The Hall–Kier alpha value is -3.93. The molecule has 0 saturated heterocycles. The summed E-state index contributed by atoms with van der Waals surface area (Å²) in [6, 6.07) is 9.44. The number of alkyl halides is 5. The van der Waals surface area contributed by atoms with Crippen molar-refractivity contribution in [1.29, 1.82) is 0 Å². The van der Waals surface area contributed by atoms with Crippen molar-refractivity contribution in [3.8, 4) is 22.7 Å². The normalized spacial score (nSPS) is 12.5. The predicted octanol–water partition coefficient (Wildman–Crippen LogP) is 5.72. The van der Waals surface area contributed by atoms with Crippen LogP contribution in [0.1, 0.15) is 16.2 Å². The maximum absolute atomic E-state index is 14.4. The van der Waals surface area contributed by atoms with Crippen molar-refractivity contribution in [1.82, 2.24) is 24.6 Å². The number of halogens is 6. The van der Waals surface area contributed by atoms with E-state index in [0.717, 1.165) is 10.8 Å². The summed E-state index contributed by atoms with van der Waals surface area (Å²) in [6.07, 6.45) is -4.57. The maximum Gasteiger partial charge on any atom is 0.459 e. The number of aromatic nitrogens is 5. The molecule has 0 unspecified atom stereocenters. The summed E-state index contributed by atoms with van der Waals surface area (Å²) in [5.74, 6) is -5.42. The molecule has 13 heteroatoms. The monoisotopic (exact) mass is 493 g/mol. The molecule has 0 radical (unpaired) electrons. The molecule has 0 aliphatic rings. The lowest BCUT2D eigenvalue weighted by Crippen LogP contribution is -2.34. The Bertz CT molecular complexity index is 1550. The van der Waals surface area contributed by atoms with Crippen molar-refractivity contribution >= 4 is 34.6 Å². The molecule has 7 nitrogen and oxygen atoms in total. The highest BCUT2D eigenvalue weighted by Gasteiger charge is 2.60. The number of carbonyl (C=O) groups is 1. The van der Waals surface area contributed by atoms with E-state index < -0.39 is 17.8 Å². The third-order valence-electron chi connectivity index (χ3n) is 5.10. The van der Waals surface area contributed by atoms with Crippen molar-refractivity contribution in [3.63, 3.8) is 0 Å². The Kier molecular flexibility index (Phi) is 4.86. The fourth-order valence-electron chi connectivity index (χ4n) is 3.54. The number of imidazole rings is 1. The number of benzene rings is 1. The van der Waals surface area contributed by atoms with Crippen LogP contribution in [0.2, 0.25) is 5.02 Å². The highest BCUT2D eigenvalue weighted by atomic mass is 35.5. The topological polar surface area (TPSA) is 86.2 Å². The largest absolute Gasteiger partial charge is 0.459 e. The van der Waals surface area contributed by atoms with Crippen LogP contribution in [0, 0.1) is 0 Å². The molecule has 5 rings (SSSR count). The zero-order valence-corrected chi connectivity index (χ0v) is 17.3. The molecule has 1 aromatic carbocycles. The van der Waals surface area contributed by atoms with Crippen LogP contribution in [0.5, 0.6) is 0 Å². The average molecular weight is 494 g/mol. The number of rotatable bonds is 4. The number of hydrogen-bond donors (Lipinski definition) is 0. The Morgan fingerprint density at radius 1 is 1.00 bits per heavy atom. The molecule has 0 aliphatic carbocycles. The smallest absolute Gasteiger partial charge is 0.422 e. The molecule has 0 saturated carbocycles. The molecule has 0 N–H and O–H groups in total. The summed E-state index contributed by atoms with van der Waals surface area (Å²) in [6.45, 7) is 0. The Balaban J connectivity index is 1.92. The number of hydrogen-bond acceptors (Lipinski definition) is 6. The van der Waals surface area contributed by atoms with E-state index in [2.05, 4.69) is 20.2 Å². The summed E-state index contributed by atoms with van der Waals surface area (Å²) in [5, 5.41) is 7.72. The average Bonchev–Trinajstić information content (AvgIpc) is 3.45. The van der Waals surface area contributed by atoms with Gasteiger partial charge in [0, 0.05) is 10.4 Å².